The van der Waals surface area contributed by atoms with Crippen LogP contribution in [0.1, 0.15) is 26.3 Å². The van der Waals surface area contributed by atoms with Gasteiger partial charge in [0.25, 0.3) is 0 Å². The van der Waals surface area contributed by atoms with Crippen LogP contribution in [0.5, 0.6) is 0 Å². The Balaban J connectivity index is 1.52. The van der Waals surface area contributed by atoms with Crippen molar-refractivity contribution in [3.63, 3.8) is 0 Å². The summed E-state index contributed by atoms with van der Waals surface area (Å²) in [6.07, 6.45) is 0. The van der Waals surface area contributed by atoms with Gasteiger partial charge in [-0.15, -0.1) is 0 Å². The number of halogens is 4. The Kier molecular flexibility index (Phi) is 8.05. The zero-order valence-electron chi connectivity index (χ0n) is 21.5. The topological polar surface area (TPSA) is 101 Å². The lowest BCUT2D eigenvalue weighted by Crippen LogP contribution is -2.11. The summed E-state index contributed by atoms with van der Waals surface area (Å²) in [4.78, 5) is 24.0. The van der Waals surface area contributed by atoms with Gasteiger partial charge in [0.1, 0.15) is 0 Å². The minimum absolute atomic E-state index is 0.0135. The van der Waals surface area contributed by atoms with Crippen LogP contribution in [0.3, 0.4) is 0 Å². The highest BCUT2D eigenvalue weighted by atomic mass is 35.5. The van der Waals surface area contributed by atoms with Crippen molar-refractivity contribution in [2.24, 2.45) is 0 Å². The van der Waals surface area contributed by atoms with E-state index in [4.69, 9.17) is 46.4 Å². The Morgan fingerprint density at radius 3 is 1.27 bits per heavy atom. The standard InChI is InChI=1S/C28H22Cl4N8/c1-28(2,3)19-11-17(15-6-4-8-20(13-15)33-26-37-22(29)35-23(30)38-26)10-18(12-19)16-7-5-9-21(14-16)34-27-39-24(31)36-25(32)40-27/h4-14H,1-3H3,(H,33,35,37,38)(H,34,36,39,40). The average molecular weight is 612 g/mol. The maximum Gasteiger partial charge on any atom is 0.232 e. The molecule has 0 saturated carbocycles. The molecule has 0 bridgehead atoms. The molecule has 40 heavy (non-hydrogen) atoms. The Bertz CT molecular complexity index is 1550. The number of benzene rings is 3. The number of nitrogens with one attached hydrogen (secondary N) is 2. The summed E-state index contributed by atoms with van der Waals surface area (Å²) in [5.74, 6) is 0.521. The van der Waals surface area contributed by atoms with Gasteiger partial charge < -0.3 is 10.6 Å². The number of hydrogen-bond acceptors (Lipinski definition) is 8. The van der Waals surface area contributed by atoms with Gasteiger partial charge >= 0.3 is 0 Å². The molecule has 0 aliphatic rings. The highest BCUT2D eigenvalue weighted by molar-refractivity contribution is 6.31. The van der Waals surface area contributed by atoms with Gasteiger partial charge in [0.15, 0.2) is 0 Å². The molecule has 2 N–H and O–H groups in total. The van der Waals surface area contributed by atoms with E-state index in [0.29, 0.717) is 0 Å². The lowest BCUT2D eigenvalue weighted by atomic mass is 9.83. The molecule has 0 amide bonds. The van der Waals surface area contributed by atoms with Crippen LogP contribution in [0.15, 0.2) is 66.7 Å². The SMILES string of the molecule is CC(C)(C)c1cc(-c2cccc(Nc3nc(Cl)nc(Cl)n3)c2)cc(-c2cccc(Nc3nc(Cl)nc(Cl)n3)c2)c1. The summed E-state index contributed by atoms with van der Waals surface area (Å²) in [6, 6.07) is 22.5. The van der Waals surface area contributed by atoms with E-state index in [0.717, 1.165) is 33.6 Å². The zero-order valence-corrected chi connectivity index (χ0v) is 24.6. The number of hydrogen-bond donors (Lipinski definition) is 2. The lowest BCUT2D eigenvalue weighted by Gasteiger charge is -2.22. The van der Waals surface area contributed by atoms with E-state index in [9.17, 15) is 0 Å². The first kappa shape index (κ1) is 28.0. The highest BCUT2D eigenvalue weighted by Crippen LogP contribution is 2.35. The van der Waals surface area contributed by atoms with Gasteiger partial charge in [-0.3, -0.25) is 0 Å². The number of rotatable bonds is 6. The first-order chi connectivity index (χ1) is 19.0. The monoisotopic (exact) mass is 610 g/mol. The number of aromatic nitrogens is 6. The molecular weight excluding hydrogens is 590 g/mol. The van der Waals surface area contributed by atoms with Crippen LogP contribution in [0.4, 0.5) is 23.3 Å². The van der Waals surface area contributed by atoms with E-state index in [1.165, 1.54) is 5.56 Å². The molecule has 2 heterocycles. The average Bonchev–Trinajstić information content (AvgIpc) is 2.87. The number of anilines is 4. The molecule has 5 aromatic rings. The van der Waals surface area contributed by atoms with Gasteiger partial charge in [-0.1, -0.05) is 57.2 Å². The first-order valence-electron chi connectivity index (χ1n) is 12.1. The predicted octanol–water partition coefficient (Wildman–Crippen LogP) is 8.79. The molecule has 0 radical (unpaired) electrons. The van der Waals surface area contributed by atoms with Crippen molar-refractivity contribution >= 4 is 69.7 Å². The molecule has 3 aromatic carbocycles. The molecule has 0 aliphatic heterocycles. The summed E-state index contributed by atoms with van der Waals surface area (Å²) in [6.45, 7) is 6.57. The van der Waals surface area contributed by atoms with Crippen LogP contribution >= 0.6 is 46.4 Å². The molecule has 0 saturated heterocycles. The van der Waals surface area contributed by atoms with E-state index in [-0.39, 0.29) is 38.4 Å². The van der Waals surface area contributed by atoms with Gasteiger partial charge in [0, 0.05) is 11.4 Å². The third-order valence-electron chi connectivity index (χ3n) is 5.86. The molecule has 0 atom stereocenters. The maximum atomic E-state index is 5.94. The van der Waals surface area contributed by atoms with Crippen LogP contribution in [0.25, 0.3) is 22.3 Å². The van der Waals surface area contributed by atoms with Crippen LogP contribution in [-0.4, -0.2) is 29.9 Å². The summed E-state index contributed by atoms with van der Waals surface area (Å²) >= 11 is 23.7. The summed E-state index contributed by atoms with van der Waals surface area (Å²) < 4.78 is 0. The fourth-order valence-corrected chi connectivity index (χ4v) is 4.70. The van der Waals surface area contributed by atoms with Crippen LogP contribution in [-0.2, 0) is 5.41 Å². The van der Waals surface area contributed by atoms with Crippen molar-refractivity contribution in [1.29, 1.82) is 0 Å². The summed E-state index contributed by atoms with van der Waals surface area (Å²) in [5, 5.41) is 6.36. The van der Waals surface area contributed by atoms with E-state index in [1.54, 1.807) is 0 Å². The molecule has 2 aromatic heterocycles. The van der Waals surface area contributed by atoms with E-state index in [2.05, 4.69) is 91.6 Å². The van der Waals surface area contributed by atoms with Gasteiger partial charge in [-0.25, -0.2) is 0 Å². The molecule has 0 spiro atoms. The van der Waals surface area contributed by atoms with E-state index in [1.807, 2.05) is 36.4 Å². The Hall–Kier alpha value is -3.56. The fraction of sp³-hybridized carbons (Fsp3) is 0.143. The largest absolute Gasteiger partial charge is 0.324 e. The molecule has 5 rings (SSSR count). The summed E-state index contributed by atoms with van der Waals surface area (Å²) in [5.41, 5.74) is 6.76. The second-order valence-corrected chi connectivity index (χ2v) is 11.2. The van der Waals surface area contributed by atoms with E-state index < -0.39 is 0 Å². The molecule has 0 unspecified atom stereocenters. The van der Waals surface area contributed by atoms with Crippen molar-refractivity contribution in [2.75, 3.05) is 10.6 Å². The van der Waals surface area contributed by atoms with Crippen molar-refractivity contribution < 1.29 is 0 Å². The Morgan fingerprint density at radius 2 is 0.900 bits per heavy atom. The molecular formula is C28H22Cl4N8. The Morgan fingerprint density at radius 1 is 0.500 bits per heavy atom. The molecule has 0 aliphatic carbocycles. The quantitative estimate of drug-likeness (QED) is 0.196. The second-order valence-electron chi connectivity index (χ2n) is 9.85. The molecule has 12 heteroatoms. The van der Waals surface area contributed by atoms with Crippen molar-refractivity contribution in [3.8, 4) is 22.3 Å². The van der Waals surface area contributed by atoms with Gasteiger partial charge in [0.2, 0.25) is 33.0 Å². The smallest absolute Gasteiger partial charge is 0.232 e. The number of nitrogens with zero attached hydrogens (tertiary/aromatic N) is 6. The van der Waals surface area contributed by atoms with Crippen molar-refractivity contribution in [2.45, 2.75) is 26.2 Å². The van der Waals surface area contributed by atoms with Crippen molar-refractivity contribution in [1.82, 2.24) is 29.9 Å². The third kappa shape index (κ3) is 6.95. The Labute approximate surface area is 251 Å². The summed E-state index contributed by atoms with van der Waals surface area (Å²) in [7, 11) is 0. The predicted molar refractivity (Wildman–Crippen MR) is 162 cm³/mol. The minimum Gasteiger partial charge on any atom is -0.324 e. The van der Waals surface area contributed by atoms with E-state index >= 15 is 0 Å². The maximum absolute atomic E-state index is 5.94. The lowest BCUT2D eigenvalue weighted by molar-refractivity contribution is 0.590. The van der Waals surface area contributed by atoms with Crippen LogP contribution in [0, 0.1) is 0 Å². The van der Waals surface area contributed by atoms with Crippen LogP contribution in [0.2, 0.25) is 21.1 Å². The minimum atomic E-state index is -0.0900. The first-order valence-corrected chi connectivity index (χ1v) is 13.6. The van der Waals surface area contributed by atoms with Gasteiger partial charge in [-0.05, 0) is 110 Å². The van der Waals surface area contributed by atoms with Gasteiger partial charge in [0.05, 0.1) is 0 Å². The second kappa shape index (κ2) is 11.5. The third-order valence-corrected chi connectivity index (χ3v) is 6.54. The highest BCUT2D eigenvalue weighted by Gasteiger charge is 2.17. The normalized spacial score (nSPS) is 11.4. The zero-order chi connectivity index (χ0) is 28.4. The molecule has 0 fully saturated rings. The molecule has 8 nitrogen and oxygen atoms in total. The fourth-order valence-electron chi connectivity index (χ4n) is 3.97. The van der Waals surface area contributed by atoms with Gasteiger partial charge in [-0.2, -0.15) is 29.9 Å². The molecule has 202 valence electrons. The van der Waals surface area contributed by atoms with Crippen molar-refractivity contribution in [3.05, 3.63) is 93.4 Å². The van der Waals surface area contributed by atoms with Crippen LogP contribution < -0.4 is 10.6 Å².